The molecular formula is C12H12BN3O4S. The van der Waals surface area contributed by atoms with Crippen molar-refractivity contribution in [1.29, 1.82) is 0 Å². The van der Waals surface area contributed by atoms with Crippen LogP contribution in [0.5, 0.6) is 5.75 Å². The lowest BCUT2D eigenvalue weighted by molar-refractivity contribution is 0.0693. The first-order chi connectivity index (χ1) is 10.1. The fourth-order valence-corrected chi connectivity index (χ4v) is 3.23. The van der Waals surface area contributed by atoms with Gasteiger partial charge in [0.1, 0.15) is 17.6 Å². The molecule has 0 radical (unpaired) electrons. The van der Waals surface area contributed by atoms with E-state index in [2.05, 4.69) is 15.2 Å². The number of nitrogens with zero attached hydrogens (tertiary/aromatic N) is 2. The lowest BCUT2D eigenvalue weighted by atomic mass is 9.77. The van der Waals surface area contributed by atoms with Crippen molar-refractivity contribution in [2.24, 2.45) is 0 Å². The van der Waals surface area contributed by atoms with Crippen molar-refractivity contribution >= 4 is 24.8 Å². The topological polar surface area (TPSA) is 108 Å². The van der Waals surface area contributed by atoms with Gasteiger partial charge >= 0.3 is 13.1 Å². The van der Waals surface area contributed by atoms with Crippen molar-refractivity contribution in [2.45, 2.75) is 23.7 Å². The Morgan fingerprint density at radius 1 is 1.57 bits per heavy atom. The van der Waals surface area contributed by atoms with Crippen molar-refractivity contribution in [3.63, 3.8) is 0 Å². The highest BCUT2D eigenvalue weighted by Gasteiger charge is 2.38. The summed E-state index contributed by atoms with van der Waals surface area (Å²) in [6, 6.07) is 3.58. The number of H-pyrrole nitrogens is 1. The van der Waals surface area contributed by atoms with Crippen LogP contribution in [0.2, 0.25) is 0 Å². The number of fused-ring (bicyclic) bond motifs is 1. The van der Waals surface area contributed by atoms with Crippen LogP contribution in [0, 0.1) is 6.92 Å². The summed E-state index contributed by atoms with van der Waals surface area (Å²) >= 11 is 1.31. The molecule has 21 heavy (non-hydrogen) atoms. The predicted octanol–water partition coefficient (Wildman–Crippen LogP) is 0.927. The molecular weight excluding hydrogens is 293 g/mol. The minimum atomic E-state index is -1.10. The van der Waals surface area contributed by atoms with Gasteiger partial charge in [-0.2, -0.15) is 5.10 Å². The molecule has 3 rings (SSSR count). The van der Waals surface area contributed by atoms with Crippen LogP contribution in [0.3, 0.4) is 0 Å². The Morgan fingerprint density at radius 2 is 2.38 bits per heavy atom. The summed E-state index contributed by atoms with van der Waals surface area (Å²) in [6.07, 6.45) is 1.88. The predicted molar refractivity (Wildman–Crippen MR) is 76.5 cm³/mol. The number of carboxylic acids is 1. The van der Waals surface area contributed by atoms with E-state index in [1.165, 1.54) is 18.1 Å². The average molecular weight is 305 g/mol. The number of hydrogen-bond donors (Lipinski definition) is 3. The first-order valence-corrected chi connectivity index (χ1v) is 7.16. The van der Waals surface area contributed by atoms with Gasteiger partial charge in [0.2, 0.25) is 0 Å². The summed E-state index contributed by atoms with van der Waals surface area (Å²) in [6.45, 7) is 1.70. The Kier molecular flexibility index (Phi) is 3.60. The van der Waals surface area contributed by atoms with Crippen molar-refractivity contribution in [1.82, 2.24) is 15.2 Å². The Balaban J connectivity index is 1.92. The second kappa shape index (κ2) is 5.42. The first kappa shape index (κ1) is 14.0. The number of aromatic amines is 1. The summed E-state index contributed by atoms with van der Waals surface area (Å²) in [7, 11) is -1.10. The third kappa shape index (κ3) is 2.61. The molecule has 3 N–H and O–H groups in total. The zero-order valence-corrected chi connectivity index (χ0v) is 11.9. The second-order valence-corrected chi connectivity index (χ2v) is 5.94. The van der Waals surface area contributed by atoms with E-state index >= 15 is 0 Å². The number of aryl methyl sites for hydroxylation is 1. The van der Waals surface area contributed by atoms with Crippen molar-refractivity contribution in [2.75, 3.05) is 0 Å². The Morgan fingerprint density at radius 3 is 3.05 bits per heavy atom. The molecule has 0 fully saturated rings. The minimum Gasteiger partial charge on any atom is -0.535 e. The Labute approximate surface area is 124 Å². The summed E-state index contributed by atoms with van der Waals surface area (Å²) < 4.78 is 5.46. The van der Waals surface area contributed by atoms with Gasteiger partial charge in [-0.1, -0.05) is 23.9 Å². The monoisotopic (exact) mass is 305 g/mol. The Hall–Kier alpha value is -2.00. The number of benzene rings is 1. The van der Waals surface area contributed by atoms with Gasteiger partial charge in [0.05, 0.1) is 5.15 Å². The van der Waals surface area contributed by atoms with E-state index in [0.717, 1.165) is 5.56 Å². The summed E-state index contributed by atoms with van der Waals surface area (Å²) in [5.41, 5.74) is 1.48. The first-order valence-electron chi connectivity index (χ1n) is 6.29. The smallest absolute Gasteiger partial charge is 0.535 e. The number of hydrogen-bond acceptors (Lipinski definition) is 6. The standard InChI is InChI=1S/C12H12BN3O4S/c1-6-2-3-7-4-8(21-12-14-5-15-16-12)13(19)20-10(7)9(6)11(17)18/h2-3,5,8,19H,4H2,1H3,(H,17,18)(H,14,15,16)/t8-/m0/s1. The average Bonchev–Trinajstić information content (AvgIpc) is 2.92. The molecule has 0 spiro atoms. The summed E-state index contributed by atoms with van der Waals surface area (Å²) in [4.78, 5) is 15.3. The highest BCUT2D eigenvalue weighted by atomic mass is 32.2. The molecule has 0 saturated carbocycles. The molecule has 2 aromatic rings. The fraction of sp³-hybridized carbons (Fsp3) is 0.250. The highest BCUT2D eigenvalue weighted by molar-refractivity contribution is 8.01. The van der Waals surface area contributed by atoms with Crippen LogP contribution in [0.1, 0.15) is 21.5 Å². The maximum atomic E-state index is 11.3. The van der Waals surface area contributed by atoms with Crippen LogP contribution in [-0.2, 0) is 6.42 Å². The van der Waals surface area contributed by atoms with Crippen LogP contribution in [0.4, 0.5) is 0 Å². The number of thioether (sulfide) groups is 1. The molecule has 7 nitrogen and oxygen atoms in total. The van der Waals surface area contributed by atoms with E-state index in [1.807, 2.05) is 6.07 Å². The van der Waals surface area contributed by atoms with E-state index in [4.69, 9.17) is 4.65 Å². The van der Waals surface area contributed by atoms with Gasteiger partial charge in [0.25, 0.3) is 0 Å². The lowest BCUT2D eigenvalue weighted by Crippen LogP contribution is -2.41. The van der Waals surface area contributed by atoms with Crippen LogP contribution in [0.15, 0.2) is 23.6 Å². The Bertz CT molecular complexity index is 679. The zero-order chi connectivity index (χ0) is 15.0. The van der Waals surface area contributed by atoms with Crippen molar-refractivity contribution < 1.29 is 19.6 Å². The number of aromatic carboxylic acids is 1. The van der Waals surface area contributed by atoms with E-state index in [-0.39, 0.29) is 16.5 Å². The molecule has 1 aromatic carbocycles. The quantitative estimate of drug-likeness (QED) is 0.724. The van der Waals surface area contributed by atoms with E-state index in [1.54, 1.807) is 13.0 Å². The molecule has 108 valence electrons. The lowest BCUT2D eigenvalue weighted by Gasteiger charge is -2.27. The number of carbonyl (C=O) groups is 1. The van der Waals surface area contributed by atoms with Gasteiger partial charge in [-0.25, -0.2) is 9.78 Å². The number of nitrogens with one attached hydrogen (secondary N) is 1. The third-order valence-corrected chi connectivity index (χ3v) is 4.42. The molecule has 1 aliphatic heterocycles. The van der Waals surface area contributed by atoms with Gasteiger partial charge < -0.3 is 14.8 Å². The van der Waals surface area contributed by atoms with Crippen LogP contribution in [-0.4, -0.2) is 43.5 Å². The van der Waals surface area contributed by atoms with Gasteiger partial charge in [-0.15, -0.1) is 0 Å². The van der Waals surface area contributed by atoms with Gasteiger partial charge in [-0.05, 0) is 24.5 Å². The number of aromatic nitrogens is 3. The van der Waals surface area contributed by atoms with E-state index in [0.29, 0.717) is 17.1 Å². The molecule has 0 aliphatic carbocycles. The molecule has 2 heterocycles. The fourth-order valence-electron chi connectivity index (χ4n) is 2.29. The molecule has 9 heteroatoms. The molecule has 1 atom stereocenters. The largest absolute Gasteiger partial charge is 0.537 e. The summed E-state index contributed by atoms with van der Waals surface area (Å²) in [5, 5.41) is 26.2. The highest BCUT2D eigenvalue weighted by Crippen LogP contribution is 2.36. The van der Waals surface area contributed by atoms with Crippen LogP contribution in [0.25, 0.3) is 0 Å². The molecule has 0 bridgehead atoms. The maximum absolute atomic E-state index is 11.3. The molecule has 0 amide bonds. The minimum absolute atomic E-state index is 0.106. The van der Waals surface area contributed by atoms with Gasteiger partial charge in [0.15, 0.2) is 5.16 Å². The van der Waals surface area contributed by atoms with Gasteiger partial charge in [-0.3, -0.25) is 5.10 Å². The zero-order valence-electron chi connectivity index (χ0n) is 11.1. The summed E-state index contributed by atoms with van der Waals surface area (Å²) in [5.74, 6) is -0.803. The third-order valence-electron chi connectivity index (χ3n) is 3.30. The molecule has 1 aliphatic rings. The van der Waals surface area contributed by atoms with Crippen LogP contribution < -0.4 is 4.65 Å². The molecule has 0 saturated heterocycles. The van der Waals surface area contributed by atoms with E-state index < -0.39 is 13.1 Å². The SMILES string of the molecule is Cc1ccc2c(c1C(=O)O)OB(O)[C@@H](Sc1ncn[nH]1)C2. The second-order valence-electron chi connectivity index (χ2n) is 4.71. The van der Waals surface area contributed by atoms with Crippen molar-refractivity contribution in [3.8, 4) is 5.75 Å². The van der Waals surface area contributed by atoms with Crippen LogP contribution >= 0.6 is 11.8 Å². The van der Waals surface area contributed by atoms with E-state index in [9.17, 15) is 14.9 Å². The normalized spacial score (nSPS) is 17.2. The number of carboxylic acid groups (broad SMARTS) is 1. The molecule has 0 unspecified atom stereocenters. The van der Waals surface area contributed by atoms with Gasteiger partial charge in [0, 0.05) is 0 Å². The van der Waals surface area contributed by atoms with Crippen molar-refractivity contribution in [3.05, 3.63) is 35.2 Å². The maximum Gasteiger partial charge on any atom is 0.537 e. The number of rotatable bonds is 3. The molecule has 1 aromatic heterocycles.